The molecule has 0 radical (unpaired) electrons. The van der Waals surface area contributed by atoms with Crippen LogP contribution in [0.1, 0.15) is 30.8 Å². The molecule has 1 aromatic carbocycles. The predicted molar refractivity (Wildman–Crippen MR) is 82.9 cm³/mol. The molecule has 0 atom stereocenters. The fourth-order valence-corrected chi connectivity index (χ4v) is 2.89. The van der Waals surface area contributed by atoms with E-state index in [1.165, 1.54) is 0 Å². The molecule has 2 rings (SSSR count). The van der Waals surface area contributed by atoms with Gasteiger partial charge >= 0.3 is 0 Å². The van der Waals surface area contributed by atoms with Crippen LogP contribution < -0.4 is 5.32 Å². The molecule has 5 nitrogen and oxygen atoms in total. The van der Waals surface area contributed by atoms with Crippen LogP contribution in [0.25, 0.3) is 5.69 Å². The lowest BCUT2D eigenvalue weighted by Crippen LogP contribution is -2.21. The van der Waals surface area contributed by atoms with Crippen molar-refractivity contribution in [1.29, 1.82) is 0 Å². The number of nitrogens with zero attached hydrogens (tertiary/aromatic N) is 4. The summed E-state index contributed by atoms with van der Waals surface area (Å²) in [6, 6.07) is 4.16. The van der Waals surface area contributed by atoms with Gasteiger partial charge in [0.1, 0.15) is 0 Å². The summed E-state index contributed by atoms with van der Waals surface area (Å²) in [7, 11) is 0. The van der Waals surface area contributed by atoms with Gasteiger partial charge in [-0.25, -0.2) is 0 Å². The molecular formula is C14H20BrN5. The monoisotopic (exact) mass is 337 g/mol. The Bertz CT molecular complexity index is 568. The molecule has 0 unspecified atom stereocenters. The molecule has 0 saturated carbocycles. The SMILES string of the molecule is Cc1cc(Br)cc(C)c1-n1nnnc1CNCC(C)C. The van der Waals surface area contributed by atoms with Gasteiger partial charge in [-0.05, 0) is 60.0 Å². The number of hydrogen-bond acceptors (Lipinski definition) is 4. The summed E-state index contributed by atoms with van der Waals surface area (Å²) in [4.78, 5) is 0. The van der Waals surface area contributed by atoms with Crippen LogP contribution in [0.2, 0.25) is 0 Å². The minimum Gasteiger partial charge on any atom is -0.310 e. The first kappa shape index (κ1) is 15.1. The molecule has 0 spiro atoms. The molecule has 108 valence electrons. The van der Waals surface area contributed by atoms with Crippen LogP contribution in [0, 0.1) is 19.8 Å². The van der Waals surface area contributed by atoms with Crippen LogP contribution in [-0.4, -0.2) is 26.8 Å². The number of hydrogen-bond donors (Lipinski definition) is 1. The maximum absolute atomic E-state index is 4.14. The van der Waals surface area contributed by atoms with E-state index in [1.807, 2.05) is 4.68 Å². The molecule has 0 aliphatic carbocycles. The van der Waals surface area contributed by atoms with Crippen molar-refractivity contribution in [2.45, 2.75) is 34.2 Å². The van der Waals surface area contributed by atoms with Gasteiger partial charge in [0.05, 0.1) is 12.2 Å². The minimum atomic E-state index is 0.607. The predicted octanol–water partition coefficient (Wildman–Crippen LogP) is 2.79. The molecule has 1 aromatic heterocycles. The molecule has 0 aliphatic heterocycles. The first-order chi connectivity index (χ1) is 9.49. The number of rotatable bonds is 5. The highest BCUT2D eigenvalue weighted by Crippen LogP contribution is 2.23. The van der Waals surface area contributed by atoms with Crippen LogP contribution in [0.4, 0.5) is 0 Å². The number of benzene rings is 1. The largest absolute Gasteiger partial charge is 0.310 e. The topological polar surface area (TPSA) is 55.6 Å². The quantitative estimate of drug-likeness (QED) is 0.911. The first-order valence-electron chi connectivity index (χ1n) is 6.74. The molecular weight excluding hydrogens is 318 g/mol. The molecule has 0 bridgehead atoms. The summed E-state index contributed by atoms with van der Waals surface area (Å²) in [5.74, 6) is 1.44. The van der Waals surface area contributed by atoms with Crippen molar-refractivity contribution in [3.63, 3.8) is 0 Å². The number of aromatic nitrogens is 4. The van der Waals surface area contributed by atoms with Crippen molar-refractivity contribution < 1.29 is 0 Å². The third kappa shape index (κ3) is 3.43. The highest BCUT2D eigenvalue weighted by molar-refractivity contribution is 9.10. The smallest absolute Gasteiger partial charge is 0.170 e. The van der Waals surface area contributed by atoms with Gasteiger partial charge in [-0.2, -0.15) is 4.68 Å². The first-order valence-corrected chi connectivity index (χ1v) is 7.53. The maximum Gasteiger partial charge on any atom is 0.170 e. The van der Waals surface area contributed by atoms with Gasteiger partial charge in [-0.3, -0.25) is 0 Å². The molecule has 1 N–H and O–H groups in total. The molecule has 20 heavy (non-hydrogen) atoms. The van der Waals surface area contributed by atoms with Crippen molar-refractivity contribution in [1.82, 2.24) is 25.5 Å². The highest BCUT2D eigenvalue weighted by atomic mass is 79.9. The second kappa shape index (κ2) is 6.45. The van der Waals surface area contributed by atoms with Crippen molar-refractivity contribution in [3.8, 4) is 5.69 Å². The van der Waals surface area contributed by atoms with E-state index in [1.54, 1.807) is 0 Å². The maximum atomic E-state index is 4.14. The molecule has 0 fully saturated rings. The standard InChI is InChI=1S/C14H20BrN5/c1-9(2)7-16-8-13-17-18-19-20(13)14-10(3)5-12(15)6-11(14)4/h5-6,9,16H,7-8H2,1-4H3. The van der Waals surface area contributed by atoms with Crippen molar-refractivity contribution >= 4 is 15.9 Å². The van der Waals surface area contributed by atoms with Crippen LogP contribution in [0.3, 0.4) is 0 Å². The van der Waals surface area contributed by atoms with Gasteiger partial charge in [0, 0.05) is 4.47 Å². The van der Waals surface area contributed by atoms with E-state index >= 15 is 0 Å². The van der Waals surface area contributed by atoms with E-state index in [4.69, 9.17) is 0 Å². The number of halogens is 1. The fraction of sp³-hybridized carbons (Fsp3) is 0.500. The Kier molecular flexibility index (Phi) is 4.88. The average Bonchev–Trinajstić information content (AvgIpc) is 2.75. The summed E-state index contributed by atoms with van der Waals surface area (Å²) in [5, 5.41) is 15.4. The zero-order valence-corrected chi connectivity index (χ0v) is 13.9. The van der Waals surface area contributed by atoms with Crippen LogP contribution in [0.15, 0.2) is 16.6 Å². The van der Waals surface area contributed by atoms with E-state index in [9.17, 15) is 0 Å². The van der Waals surface area contributed by atoms with Gasteiger partial charge in [-0.1, -0.05) is 29.8 Å². The second-order valence-electron chi connectivity index (χ2n) is 5.42. The highest BCUT2D eigenvalue weighted by Gasteiger charge is 2.13. The Balaban J connectivity index is 2.28. The number of tetrazole rings is 1. The summed E-state index contributed by atoms with van der Waals surface area (Å²) in [6.07, 6.45) is 0. The van der Waals surface area contributed by atoms with Crippen molar-refractivity contribution in [3.05, 3.63) is 33.6 Å². The average molecular weight is 338 g/mol. The number of nitrogens with one attached hydrogen (secondary N) is 1. The molecule has 1 heterocycles. The summed E-state index contributed by atoms with van der Waals surface area (Å²) >= 11 is 3.51. The summed E-state index contributed by atoms with van der Waals surface area (Å²) in [5.41, 5.74) is 3.35. The van der Waals surface area contributed by atoms with E-state index in [0.717, 1.165) is 33.7 Å². The van der Waals surface area contributed by atoms with Crippen LogP contribution >= 0.6 is 15.9 Å². The Labute approximate surface area is 127 Å². The van der Waals surface area contributed by atoms with Gasteiger partial charge in [-0.15, -0.1) is 5.10 Å². The van der Waals surface area contributed by atoms with E-state index in [0.29, 0.717) is 12.5 Å². The zero-order chi connectivity index (χ0) is 14.7. The molecule has 0 aliphatic rings. The molecule has 6 heteroatoms. The van der Waals surface area contributed by atoms with Crippen molar-refractivity contribution in [2.75, 3.05) is 6.54 Å². The molecule has 0 saturated heterocycles. The van der Waals surface area contributed by atoms with Gasteiger partial charge < -0.3 is 5.32 Å². The van der Waals surface area contributed by atoms with E-state index in [-0.39, 0.29) is 0 Å². The Morgan fingerprint density at radius 1 is 1.25 bits per heavy atom. The molecule has 2 aromatic rings. The lowest BCUT2D eigenvalue weighted by molar-refractivity contribution is 0.537. The van der Waals surface area contributed by atoms with Crippen LogP contribution in [-0.2, 0) is 6.54 Å². The third-order valence-electron chi connectivity index (χ3n) is 3.04. The second-order valence-corrected chi connectivity index (χ2v) is 6.34. The molecule has 0 amide bonds. The lowest BCUT2D eigenvalue weighted by Gasteiger charge is -2.12. The van der Waals surface area contributed by atoms with Crippen LogP contribution in [0.5, 0.6) is 0 Å². The summed E-state index contributed by atoms with van der Waals surface area (Å²) in [6.45, 7) is 10.1. The Morgan fingerprint density at radius 3 is 2.50 bits per heavy atom. The van der Waals surface area contributed by atoms with Gasteiger partial charge in [0.2, 0.25) is 0 Å². The summed E-state index contributed by atoms with van der Waals surface area (Å²) < 4.78 is 2.90. The Morgan fingerprint density at radius 2 is 1.90 bits per heavy atom. The van der Waals surface area contributed by atoms with Crippen molar-refractivity contribution in [2.24, 2.45) is 5.92 Å². The Hall–Kier alpha value is -1.27. The van der Waals surface area contributed by atoms with E-state index < -0.39 is 0 Å². The fourth-order valence-electron chi connectivity index (χ4n) is 2.20. The van der Waals surface area contributed by atoms with Gasteiger partial charge in [0.25, 0.3) is 0 Å². The number of aryl methyl sites for hydroxylation is 2. The minimum absolute atomic E-state index is 0.607. The van der Waals surface area contributed by atoms with Gasteiger partial charge in [0.15, 0.2) is 5.82 Å². The van der Waals surface area contributed by atoms with E-state index in [2.05, 4.69) is 76.6 Å². The zero-order valence-electron chi connectivity index (χ0n) is 12.3. The lowest BCUT2D eigenvalue weighted by atomic mass is 10.1. The third-order valence-corrected chi connectivity index (χ3v) is 3.50. The normalized spacial score (nSPS) is 11.3.